The van der Waals surface area contributed by atoms with Crippen molar-refractivity contribution in [2.24, 2.45) is 0 Å². The van der Waals surface area contributed by atoms with Crippen LogP contribution in [0.5, 0.6) is 0 Å². The number of carbonyl (C=O) groups excluding carboxylic acids is 3. The van der Waals surface area contributed by atoms with Gasteiger partial charge in [0.15, 0.2) is 0 Å². The maximum absolute atomic E-state index is 12.4. The summed E-state index contributed by atoms with van der Waals surface area (Å²) in [5.74, 6) is -0.613. The van der Waals surface area contributed by atoms with E-state index < -0.39 is 0 Å². The first-order valence-electron chi connectivity index (χ1n) is 7.79. The number of halogens is 1. The number of hydrogen-bond donors (Lipinski definition) is 1. The Hall–Kier alpha value is -2.09. The van der Waals surface area contributed by atoms with Gasteiger partial charge in [0.1, 0.15) is 0 Å². The normalized spacial score (nSPS) is 15.8. The largest absolute Gasteiger partial charge is 0.350 e. The minimum absolute atomic E-state index is 0.126. The number of benzene rings is 1. The molecule has 134 valence electrons. The molecular weight excluding hydrogens is 392 g/mol. The Balaban J connectivity index is 1.58. The summed E-state index contributed by atoms with van der Waals surface area (Å²) in [7, 11) is 0. The summed E-state index contributed by atoms with van der Waals surface area (Å²) in [4.78, 5) is 38.5. The molecule has 1 aromatic heterocycles. The Bertz CT molecular complexity index is 890. The van der Waals surface area contributed by atoms with Crippen molar-refractivity contribution in [2.45, 2.75) is 6.92 Å². The molecule has 5 nitrogen and oxygen atoms in total. The lowest BCUT2D eigenvalue weighted by Crippen LogP contribution is -2.37. The van der Waals surface area contributed by atoms with Crippen LogP contribution in [0.1, 0.15) is 20.8 Å². The summed E-state index contributed by atoms with van der Waals surface area (Å²) in [5, 5.41) is 2.36. The van der Waals surface area contributed by atoms with E-state index in [1.165, 1.54) is 11.3 Å². The molecule has 2 heterocycles. The van der Waals surface area contributed by atoms with Crippen molar-refractivity contribution in [1.29, 1.82) is 0 Å². The Labute approximate surface area is 164 Å². The van der Waals surface area contributed by atoms with Crippen LogP contribution in [-0.4, -0.2) is 35.0 Å². The fourth-order valence-corrected chi connectivity index (χ4v) is 4.14. The monoisotopic (exact) mass is 406 g/mol. The van der Waals surface area contributed by atoms with Crippen LogP contribution in [0.4, 0.5) is 4.79 Å². The van der Waals surface area contributed by atoms with Crippen molar-refractivity contribution in [3.63, 3.8) is 0 Å². The highest BCUT2D eigenvalue weighted by Gasteiger charge is 2.34. The van der Waals surface area contributed by atoms with Crippen molar-refractivity contribution >= 4 is 57.8 Å². The van der Waals surface area contributed by atoms with E-state index in [0.29, 0.717) is 14.1 Å². The quantitative estimate of drug-likeness (QED) is 0.756. The Kier molecular flexibility index (Phi) is 5.80. The first-order chi connectivity index (χ1) is 12.4. The first-order valence-corrected chi connectivity index (χ1v) is 9.81. The second kappa shape index (κ2) is 8.07. The second-order valence-corrected chi connectivity index (χ2v) is 8.31. The highest BCUT2D eigenvalue weighted by Crippen LogP contribution is 2.31. The topological polar surface area (TPSA) is 66.5 Å². The van der Waals surface area contributed by atoms with Crippen LogP contribution in [0.2, 0.25) is 4.34 Å². The van der Waals surface area contributed by atoms with Crippen molar-refractivity contribution in [3.05, 3.63) is 61.6 Å². The van der Waals surface area contributed by atoms with Crippen LogP contribution in [0, 0.1) is 6.92 Å². The van der Waals surface area contributed by atoms with Crippen molar-refractivity contribution in [3.8, 4) is 0 Å². The molecule has 0 atom stereocenters. The molecule has 1 saturated heterocycles. The summed E-state index contributed by atoms with van der Waals surface area (Å²) in [5.41, 5.74) is 1.99. The van der Waals surface area contributed by atoms with Gasteiger partial charge in [0.25, 0.3) is 17.1 Å². The van der Waals surface area contributed by atoms with E-state index in [0.717, 1.165) is 27.8 Å². The van der Waals surface area contributed by atoms with Gasteiger partial charge >= 0.3 is 0 Å². The fourth-order valence-electron chi connectivity index (χ4n) is 2.31. The number of thioether (sulfide) groups is 1. The summed E-state index contributed by atoms with van der Waals surface area (Å²) in [6.07, 6.45) is 1.70. The number of aryl methyl sites for hydroxylation is 1. The molecule has 0 unspecified atom stereocenters. The average molecular weight is 407 g/mol. The van der Waals surface area contributed by atoms with Gasteiger partial charge in [-0.2, -0.15) is 0 Å². The van der Waals surface area contributed by atoms with Gasteiger partial charge in [-0.25, -0.2) is 0 Å². The van der Waals surface area contributed by atoms with Crippen molar-refractivity contribution in [1.82, 2.24) is 10.2 Å². The number of imide groups is 1. The van der Waals surface area contributed by atoms with Crippen LogP contribution >= 0.6 is 34.7 Å². The first kappa shape index (κ1) is 18.7. The van der Waals surface area contributed by atoms with E-state index in [1.807, 2.05) is 31.2 Å². The smallest absolute Gasteiger partial charge is 0.293 e. The van der Waals surface area contributed by atoms with Gasteiger partial charge in [0, 0.05) is 13.1 Å². The molecular formula is C18H15ClN2O3S2. The molecule has 1 aliphatic rings. The van der Waals surface area contributed by atoms with Gasteiger partial charge in [0.2, 0.25) is 0 Å². The van der Waals surface area contributed by atoms with Crippen LogP contribution < -0.4 is 5.32 Å². The minimum atomic E-state index is -0.339. The molecule has 1 aliphatic heterocycles. The third-order valence-corrected chi connectivity index (χ3v) is 5.80. The van der Waals surface area contributed by atoms with Gasteiger partial charge in [-0.15, -0.1) is 11.3 Å². The van der Waals surface area contributed by atoms with Gasteiger partial charge in [-0.3, -0.25) is 19.3 Å². The lowest BCUT2D eigenvalue weighted by atomic mass is 10.1. The second-order valence-electron chi connectivity index (χ2n) is 5.60. The highest BCUT2D eigenvalue weighted by atomic mass is 35.5. The van der Waals surface area contributed by atoms with E-state index in [2.05, 4.69) is 5.32 Å². The van der Waals surface area contributed by atoms with Crippen LogP contribution in [0.25, 0.3) is 6.08 Å². The molecule has 0 aliphatic carbocycles. The number of thiophene rings is 1. The van der Waals surface area contributed by atoms with Gasteiger partial charge < -0.3 is 5.32 Å². The molecule has 3 amide bonds. The molecule has 26 heavy (non-hydrogen) atoms. The maximum Gasteiger partial charge on any atom is 0.293 e. The molecule has 1 N–H and O–H groups in total. The SMILES string of the molecule is Cc1ccc(/C=C2\SC(=O)N(CCNC(=O)c3ccc(Cl)s3)C2=O)cc1. The molecule has 0 spiro atoms. The van der Waals surface area contributed by atoms with E-state index in [1.54, 1.807) is 18.2 Å². The number of amides is 3. The van der Waals surface area contributed by atoms with Gasteiger partial charge in [-0.05, 0) is 42.5 Å². The van der Waals surface area contributed by atoms with Crippen molar-refractivity contribution in [2.75, 3.05) is 13.1 Å². The van der Waals surface area contributed by atoms with E-state index >= 15 is 0 Å². The van der Waals surface area contributed by atoms with Crippen LogP contribution in [0.3, 0.4) is 0 Å². The Morgan fingerprint density at radius 2 is 1.92 bits per heavy atom. The highest BCUT2D eigenvalue weighted by molar-refractivity contribution is 8.18. The summed E-state index contributed by atoms with van der Waals surface area (Å²) < 4.78 is 0.530. The standard InChI is InChI=1S/C18H15ClN2O3S2/c1-11-2-4-12(5-3-11)10-14-17(23)21(18(24)26-14)9-8-20-16(22)13-6-7-15(19)25-13/h2-7,10H,8-9H2,1H3,(H,20,22)/b14-10-. The van der Waals surface area contributed by atoms with E-state index in [4.69, 9.17) is 11.6 Å². The number of rotatable bonds is 5. The summed E-state index contributed by atoms with van der Waals surface area (Å²) in [6.45, 7) is 2.29. The predicted molar refractivity (Wildman–Crippen MR) is 106 cm³/mol. The van der Waals surface area contributed by atoms with Crippen LogP contribution in [-0.2, 0) is 4.79 Å². The van der Waals surface area contributed by atoms with Crippen molar-refractivity contribution < 1.29 is 14.4 Å². The fraction of sp³-hybridized carbons (Fsp3) is 0.167. The van der Waals surface area contributed by atoms with E-state index in [-0.39, 0.29) is 30.1 Å². The van der Waals surface area contributed by atoms with Gasteiger partial charge in [0.05, 0.1) is 14.1 Å². The Morgan fingerprint density at radius 1 is 1.19 bits per heavy atom. The molecule has 0 bridgehead atoms. The molecule has 1 aromatic carbocycles. The zero-order valence-corrected chi connectivity index (χ0v) is 16.2. The summed E-state index contributed by atoms with van der Waals surface area (Å²) >= 11 is 7.89. The predicted octanol–water partition coefficient (Wildman–Crippen LogP) is 4.18. The number of nitrogens with zero attached hydrogens (tertiary/aromatic N) is 1. The zero-order chi connectivity index (χ0) is 18.7. The zero-order valence-electron chi connectivity index (χ0n) is 13.8. The summed E-state index contributed by atoms with van der Waals surface area (Å²) in [6, 6.07) is 11.0. The number of carbonyl (C=O) groups is 3. The van der Waals surface area contributed by atoms with Gasteiger partial charge in [-0.1, -0.05) is 41.4 Å². The third kappa shape index (κ3) is 4.35. The maximum atomic E-state index is 12.4. The Morgan fingerprint density at radius 3 is 2.58 bits per heavy atom. The lowest BCUT2D eigenvalue weighted by molar-refractivity contribution is -0.122. The molecule has 2 aromatic rings. The minimum Gasteiger partial charge on any atom is -0.350 e. The molecule has 0 radical (unpaired) electrons. The lowest BCUT2D eigenvalue weighted by Gasteiger charge is -2.12. The molecule has 0 saturated carbocycles. The molecule has 3 rings (SSSR count). The number of hydrogen-bond acceptors (Lipinski definition) is 5. The molecule has 8 heteroatoms. The van der Waals surface area contributed by atoms with Crippen LogP contribution in [0.15, 0.2) is 41.3 Å². The average Bonchev–Trinajstić information content (AvgIpc) is 3.15. The third-order valence-electron chi connectivity index (χ3n) is 3.67. The van der Waals surface area contributed by atoms with E-state index in [9.17, 15) is 14.4 Å². The number of nitrogens with one attached hydrogen (secondary N) is 1. The molecule has 1 fully saturated rings.